The first-order valence-electron chi connectivity index (χ1n) is 6.39. The van der Waals surface area contributed by atoms with Gasteiger partial charge >= 0.3 is 0 Å². The molecule has 1 aliphatic heterocycles. The van der Waals surface area contributed by atoms with Crippen LogP contribution in [0.3, 0.4) is 0 Å². The van der Waals surface area contributed by atoms with Gasteiger partial charge in [0.05, 0.1) is 11.4 Å². The van der Waals surface area contributed by atoms with E-state index in [1.165, 1.54) is 0 Å². The summed E-state index contributed by atoms with van der Waals surface area (Å²) in [6.07, 6.45) is 0.284. The number of fused-ring (bicyclic) bond motifs is 1. The summed E-state index contributed by atoms with van der Waals surface area (Å²) in [7, 11) is 0. The molecule has 21 heavy (non-hydrogen) atoms. The highest BCUT2D eigenvalue weighted by atomic mass is 79.9. The summed E-state index contributed by atoms with van der Waals surface area (Å²) in [6, 6.07) is 8.84. The maximum atomic E-state index is 12.7. The van der Waals surface area contributed by atoms with Crippen molar-refractivity contribution in [1.82, 2.24) is 0 Å². The van der Waals surface area contributed by atoms with Gasteiger partial charge in [-0.05, 0) is 48.4 Å². The molecule has 0 aromatic heterocycles. The van der Waals surface area contributed by atoms with Gasteiger partial charge in [0.2, 0.25) is 5.91 Å². The van der Waals surface area contributed by atoms with Gasteiger partial charge in [-0.3, -0.25) is 9.59 Å². The average molecular weight is 365 g/mol. The molecule has 3 nitrogen and oxygen atoms in total. The van der Waals surface area contributed by atoms with Gasteiger partial charge in [0.25, 0.3) is 0 Å². The minimum Gasteiger partial charge on any atom is -0.325 e. The molecule has 0 atom stereocenters. The smallest absolute Gasteiger partial charge is 0.228 e. The number of hydrogen-bond donors (Lipinski definition) is 1. The minimum absolute atomic E-state index is 0.0783. The van der Waals surface area contributed by atoms with E-state index in [1.807, 2.05) is 19.1 Å². The zero-order chi connectivity index (χ0) is 15.1. The van der Waals surface area contributed by atoms with Gasteiger partial charge in [0, 0.05) is 21.3 Å². The molecule has 0 aliphatic carbocycles. The van der Waals surface area contributed by atoms with Crippen LogP contribution in [0.4, 0.5) is 5.69 Å². The van der Waals surface area contributed by atoms with E-state index in [2.05, 4.69) is 21.2 Å². The predicted molar refractivity (Wildman–Crippen MR) is 86.1 cm³/mol. The Morgan fingerprint density at radius 2 is 2.00 bits per heavy atom. The van der Waals surface area contributed by atoms with Crippen molar-refractivity contribution in [2.24, 2.45) is 0 Å². The van der Waals surface area contributed by atoms with Gasteiger partial charge in [-0.2, -0.15) is 0 Å². The molecule has 1 amide bonds. The van der Waals surface area contributed by atoms with Gasteiger partial charge in [-0.1, -0.05) is 27.5 Å². The Balaban J connectivity index is 2.06. The first-order valence-corrected chi connectivity index (χ1v) is 7.56. The van der Waals surface area contributed by atoms with E-state index >= 15 is 0 Å². The molecule has 0 unspecified atom stereocenters. The van der Waals surface area contributed by atoms with Crippen LogP contribution in [0.2, 0.25) is 5.02 Å². The number of ketones is 1. The Hall–Kier alpha value is -1.65. The molecule has 0 saturated heterocycles. The van der Waals surface area contributed by atoms with E-state index in [9.17, 15) is 9.59 Å². The summed E-state index contributed by atoms with van der Waals surface area (Å²) in [5, 5.41) is 3.07. The fourth-order valence-corrected chi connectivity index (χ4v) is 3.17. The van der Waals surface area contributed by atoms with E-state index in [1.54, 1.807) is 18.2 Å². The van der Waals surface area contributed by atoms with Gasteiger partial charge in [0.1, 0.15) is 0 Å². The maximum Gasteiger partial charge on any atom is 0.228 e. The third kappa shape index (κ3) is 2.61. The Morgan fingerprint density at radius 3 is 2.71 bits per heavy atom. The summed E-state index contributed by atoms with van der Waals surface area (Å²) in [4.78, 5) is 24.1. The van der Waals surface area contributed by atoms with Crippen molar-refractivity contribution < 1.29 is 9.59 Å². The van der Waals surface area contributed by atoms with Crippen molar-refractivity contribution in [2.45, 2.75) is 13.3 Å². The Bertz CT molecular complexity index is 786. The summed E-state index contributed by atoms with van der Waals surface area (Å²) in [5.74, 6) is -0.211. The molecule has 1 heterocycles. The molecule has 1 N–H and O–H groups in total. The molecule has 5 heteroatoms. The molecule has 0 radical (unpaired) electrons. The van der Waals surface area contributed by atoms with Crippen molar-refractivity contribution in [3.05, 3.63) is 62.1 Å². The number of amides is 1. The third-order valence-electron chi connectivity index (χ3n) is 3.50. The molecule has 0 fully saturated rings. The number of anilines is 1. The molecular formula is C16H11BrClNO2. The molecule has 0 spiro atoms. The van der Waals surface area contributed by atoms with Crippen LogP contribution in [-0.4, -0.2) is 11.7 Å². The molecule has 0 bridgehead atoms. The van der Waals surface area contributed by atoms with Crippen molar-refractivity contribution in [3.8, 4) is 0 Å². The Labute approximate surface area is 135 Å². The molecule has 2 aromatic carbocycles. The van der Waals surface area contributed by atoms with Crippen molar-refractivity contribution >= 4 is 44.9 Å². The highest BCUT2D eigenvalue weighted by Crippen LogP contribution is 2.31. The zero-order valence-corrected chi connectivity index (χ0v) is 13.5. The Kier molecular flexibility index (Phi) is 3.59. The maximum absolute atomic E-state index is 12.7. The highest BCUT2D eigenvalue weighted by molar-refractivity contribution is 9.10. The highest BCUT2D eigenvalue weighted by Gasteiger charge is 2.23. The van der Waals surface area contributed by atoms with E-state index in [-0.39, 0.29) is 18.1 Å². The van der Waals surface area contributed by atoms with Crippen LogP contribution in [0.15, 0.2) is 34.8 Å². The SMILES string of the molecule is Cc1cc(Br)ccc1C(=O)c1cc2c(cc1Cl)NC(=O)C2. The van der Waals surface area contributed by atoms with Crippen LogP contribution in [-0.2, 0) is 11.2 Å². The van der Waals surface area contributed by atoms with Gasteiger partial charge in [0.15, 0.2) is 5.78 Å². The molecule has 2 aromatic rings. The quantitative estimate of drug-likeness (QED) is 0.814. The lowest BCUT2D eigenvalue weighted by molar-refractivity contribution is -0.115. The van der Waals surface area contributed by atoms with Crippen LogP contribution in [0.1, 0.15) is 27.0 Å². The van der Waals surface area contributed by atoms with E-state index < -0.39 is 0 Å². The predicted octanol–water partition coefficient (Wildman–Crippen LogP) is 4.14. The largest absolute Gasteiger partial charge is 0.325 e. The Morgan fingerprint density at radius 1 is 1.24 bits per heavy atom. The van der Waals surface area contributed by atoms with Crippen LogP contribution in [0.5, 0.6) is 0 Å². The summed E-state index contributed by atoms with van der Waals surface area (Å²) < 4.78 is 0.923. The first kappa shape index (κ1) is 14.3. The lowest BCUT2D eigenvalue weighted by atomic mass is 9.97. The van der Waals surface area contributed by atoms with Gasteiger partial charge < -0.3 is 5.32 Å². The van der Waals surface area contributed by atoms with Crippen LogP contribution < -0.4 is 5.32 Å². The number of hydrogen-bond acceptors (Lipinski definition) is 2. The second-order valence-electron chi connectivity index (χ2n) is 5.00. The van der Waals surface area contributed by atoms with Crippen molar-refractivity contribution in [1.29, 1.82) is 0 Å². The number of aryl methyl sites for hydroxylation is 1. The van der Waals surface area contributed by atoms with Crippen molar-refractivity contribution in [3.63, 3.8) is 0 Å². The summed E-state index contributed by atoms with van der Waals surface area (Å²) in [5.41, 5.74) is 3.41. The molecule has 0 saturated carbocycles. The van der Waals surface area contributed by atoms with E-state index in [4.69, 9.17) is 11.6 Å². The topological polar surface area (TPSA) is 46.2 Å². The van der Waals surface area contributed by atoms with Crippen LogP contribution in [0, 0.1) is 6.92 Å². The molecule has 3 rings (SSSR count). The molecule has 106 valence electrons. The number of benzene rings is 2. The summed E-state index contributed by atoms with van der Waals surface area (Å²) >= 11 is 9.58. The number of halogens is 2. The fourth-order valence-electron chi connectivity index (χ4n) is 2.45. The number of nitrogens with one attached hydrogen (secondary N) is 1. The number of carbonyl (C=O) groups excluding carboxylic acids is 2. The van der Waals surface area contributed by atoms with E-state index in [0.29, 0.717) is 21.8 Å². The monoisotopic (exact) mass is 363 g/mol. The van der Waals surface area contributed by atoms with Crippen molar-refractivity contribution in [2.75, 3.05) is 5.32 Å². The lowest BCUT2D eigenvalue weighted by Gasteiger charge is -2.09. The average Bonchev–Trinajstić information content (AvgIpc) is 2.76. The second kappa shape index (κ2) is 5.28. The molecule has 1 aliphatic rings. The normalized spacial score (nSPS) is 13.0. The zero-order valence-electron chi connectivity index (χ0n) is 11.2. The lowest BCUT2D eigenvalue weighted by Crippen LogP contribution is -2.05. The standard InChI is InChI=1S/C16H11BrClNO2/c1-8-4-10(17)2-3-11(8)16(21)12-5-9-6-15(20)19-14(9)7-13(12)18/h2-5,7H,6H2,1H3,(H,19,20). The second-order valence-corrected chi connectivity index (χ2v) is 6.33. The molecular weight excluding hydrogens is 354 g/mol. The van der Waals surface area contributed by atoms with Gasteiger partial charge in [-0.25, -0.2) is 0 Å². The third-order valence-corrected chi connectivity index (χ3v) is 4.30. The minimum atomic E-state index is -0.132. The van der Waals surface area contributed by atoms with E-state index in [0.717, 1.165) is 15.6 Å². The summed E-state index contributed by atoms with van der Waals surface area (Å²) in [6.45, 7) is 1.88. The first-order chi connectivity index (χ1) is 9.95. The number of carbonyl (C=O) groups is 2. The van der Waals surface area contributed by atoms with Crippen LogP contribution >= 0.6 is 27.5 Å². The van der Waals surface area contributed by atoms with Gasteiger partial charge in [-0.15, -0.1) is 0 Å². The van der Waals surface area contributed by atoms with Crippen LogP contribution in [0.25, 0.3) is 0 Å². The fraction of sp³-hybridized carbons (Fsp3) is 0.125. The number of rotatable bonds is 2.